The summed E-state index contributed by atoms with van der Waals surface area (Å²) in [5.41, 5.74) is 2.03. The number of carbonyl (C=O) groups is 1. The van der Waals surface area contributed by atoms with Crippen molar-refractivity contribution in [2.24, 2.45) is 5.10 Å². The number of carboxylic acids is 1. The molecule has 0 radical (unpaired) electrons. The molecule has 7 heteroatoms. The van der Waals surface area contributed by atoms with Crippen LogP contribution in [0.5, 0.6) is 0 Å². The van der Waals surface area contributed by atoms with Crippen LogP contribution in [-0.2, 0) is 4.79 Å². The molecular formula is C16H15Cl3N2O2. The summed E-state index contributed by atoms with van der Waals surface area (Å²) in [6.07, 6.45) is 9.84. The number of nitrogens with zero attached hydrogens (tertiary/aromatic N) is 2. The third-order valence-corrected chi connectivity index (χ3v) is 5.08. The molecular weight excluding hydrogens is 359 g/mol. The Hall–Kier alpha value is -1.23. The van der Waals surface area contributed by atoms with Crippen molar-refractivity contribution >= 4 is 46.5 Å². The zero-order chi connectivity index (χ0) is 16.6. The predicted octanol–water partition coefficient (Wildman–Crippen LogP) is 4.36. The molecule has 4 nitrogen and oxygen atoms in total. The van der Waals surface area contributed by atoms with Gasteiger partial charge in [-0.1, -0.05) is 29.3 Å². The van der Waals surface area contributed by atoms with E-state index in [2.05, 4.69) is 5.10 Å². The van der Waals surface area contributed by atoms with E-state index in [4.69, 9.17) is 34.8 Å². The minimum atomic E-state index is -1.00. The fourth-order valence-electron chi connectivity index (χ4n) is 2.92. The molecule has 0 spiro atoms. The van der Waals surface area contributed by atoms with Crippen LogP contribution in [0.2, 0.25) is 0 Å². The number of aliphatic carboxylic acids is 1. The van der Waals surface area contributed by atoms with Crippen molar-refractivity contribution in [2.45, 2.75) is 37.1 Å². The van der Waals surface area contributed by atoms with Gasteiger partial charge >= 0.3 is 5.97 Å². The van der Waals surface area contributed by atoms with Gasteiger partial charge in [0.1, 0.15) is 5.71 Å². The average molecular weight is 374 g/mol. The quantitative estimate of drug-likeness (QED) is 0.748. The molecule has 0 saturated carbocycles. The normalized spacial score (nSPS) is 27.8. The molecule has 122 valence electrons. The van der Waals surface area contributed by atoms with Crippen molar-refractivity contribution in [2.75, 3.05) is 0 Å². The van der Waals surface area contributed by atoms with E-state index in [1.165, 1.54) is 0 Å². The molecule has 0 bridgehead atoms. The molecule has 1 aliphatic heterocycles. The highest BCUT2D eigenvalue weighted by atomic mass is 35.5. The highest BCUT2D eigenvalue weighted by Gasteiger charge is 2.37. The SMILES string of the molecule is O=C(O)C1=NN(C2=CC=C(Cl)C[C@@H]2Cl)C(C2=CC=C(Cl)CC2)C1. The number of rotatable bonds is 3. The van der Waals surface area contributed by atoms with E-state index in [1.54, 1.807) is 11.1 Å². The largest absolute Gasteiger partial charge is 0.477 e. The Kier molecular flexibility index (Phi) is 4.85. The van der Waals surface area contributed by atoms with Crippen molar-refractivity contribution in [3.05, 3.63) is 45.6 Å². The van der Waals surface area contributed by atoms with Gasteiger partial charge in [0, 0.05) is 22.9 Å². The lowest BCUT2D eigenvalue weighted by Gasteiger charge is -2.32. The Bertz CT molecular complexity index is 691. The fraction of sp³-hybridized carbons (Fsp3) is 0.375. The van der Waals surface area contributed by atoms with Crippen LogP contribution in [0.15, 0.2) is 50.7 Å². The van der Waals surface area contributed by atoms with Crippen molar-refractivity contribution in [3.8, 4) is 0 Å². The second-order valence-electron chi connectivity index (χ2n) is 5.65. The molecule has 0 saturated heterocycles. The Morgan fingerprint density at radius 3 is 2.48 bits per heavy atom. The van der Waals surface area contributed by atoms with Gasteiger partial charge in [0.25, 0.3) is 0 Å². The van der Waals surface area contributed by atoms with Crippen LogP contribution in [0, 0.1) is 0 Å². The van der Waals surface area contributed by atoms with Gasteiger partial charge in [-0.25, -0.2) is 4.79 Å². The first-order valence-electron chi connectivity index (χ1n) is 7.31. The van der Waals surface area contributed by atoms with Crippen molar-refractivity contribution < 1.29 is 9.90 Å². The van der Waals surface area contributed by atoms with Gasteiger partial charge in [-0.15, -0.1) is 11.6 Å². The Morgan fingerprint density at radius 1 is 1.13 bits per heavy atom. The predicted molar refractivity (Wildman–Crippen MR) is 92.8 cm³/mol. The highest BCUT2D eigenvalue weighted by Crippen LogP contribution is 2.37. The summed E-state index contributed by atoms with van der Waals surface area (Å²) >= 11 is 18.4. The molecule has 0 aromatic heterocycles. The molecule has 0 aromatic carbocycles. The van der Waals surface area contributed by atoms with Gasteiger partial charge in [0.2, 0.25) is 0 Å². The van der Waals surface area contributed by atoms with Crippen LogP contribution in [0.3, 0.4) is 0 Å². The standard InChI is InChI=1S/C16H15Cl3N2O2/c17-10-3-1-9(2-4-10)15-8-13(16(22)23)20-21(15)14-6-5-11(18)7-12(14)19/h1,3,5-6,12,15H,2,4,7-8H2,(H,22,23)/t12-,15?/m0/s1. The van der Waals surface area contributed by atoms with Crippen LogP contribution in [-0.4, -0.2) is 33.2 Å². The number of carboxylic acid groups (broad SMARTS) is 1. The maximum absolute atomic E-state index is 11.3. The topological polar surface area (TPSA) is 52.9 Å². The summed E-state index contributed by atoms with van der Waals surface area (Å²) in [5.74, 6) is -1.00. The molecule has 0 fully saturated rings. The molecule has 1 heterocycles. The van der Waals surface area contributed by atoms with Gasteiger partial charge in [-0.2, -0.15) is 5.10 Å². The molecule has 3 aliphatic rings. The molecule has 2 atom stereocenters. The fourth-order valence-corrected chi connectivity index (χ4v) is 3.71. The Balaban J connectivity index is 1.95. The maximum atomic E-state index is 11.3. The minimum absolute atomic E-state index is 0.139. The maximum Gasteiger partial charge on any atom is 0.352 e. The summed E-state index contributed by atoms with van der Waals surface area (Å²) in [7, 11) is 0. The molecule has 23 heavy (non-hydrogen) atoms. The van der Waals surface area contributed by atoms with Crippen LogP contribution >= 0.6 is 34.8 Å². The molecule has 0 aromatic rings. The summed E-state index contributed by atoms with van der Waals surface area (Å²) in [6.45, 7) is 0. The van der Waals surface area contributed by atoms with E-state index < -0.39 is 5.97 Å². The van der Waals surface area contributed by atoms with Crippen LogP contribution in [0.4, 0.5) is 0 Å². The van der Waals surface area contributed by atoms with Gasteiger partial charge in [-0.3, -0.25) is 5.01 Å². The smallest absolute Gasteiger partial charge is 0.352 e. The Morgan fingerprint density at radius 2 is 1.87 bits per heavy atom. The average Bonchev–Trinajstić information content (AvgIpc) is 2.93. The monoisotopic (exact) mass is 372 g/mol. The first-order chi connectivity index (χ1) is 11.0. The Labute approximate surface area is 149 Å². The lowest BCUT2D eigenvalue weighted by Crippen LogP contribution is -2.32. The summed E-state index contributed by atoms with van der Waals surface area (Å²) in [4.78, 5) is 11.3. The van der Waals surface area contributed by atoms with Gasteiger partial charge in [0.15, 0.2) is 0 Å². The van der Waals surface area contributed by atoms with E-state index >= 15 is 0 Å². The van der Waals surface area contributed by atoms with Gasteiger partial charge < -0.3 is 5.11 Å². The molecule has 1 N–H and O–H groups in total. The summed E-state index contributed by atoms with van der Waals surface area (Å²) < 4.78 is 0. The van der Waals surface area contributed by atoms with Gasteiger partial charge in [0.05, 0.1) is 17.1 Å². The van der Waals surface area contributed by atoms with Crippen LogP contribution in [0.1, 0.15) is 25.7 Å². The first-order valence-corrected chi connectivity index (χ1v) is 8.50. The number of hydrogen-bond donors (Lipinski definition) is 1. The molecule has 0 amide bonds. The zero-order valence-corrected chi connectivity index (χ0v) is 14.4. The van der Waals surface area contributed by atoms with Crippen LogP contribution in [0.25, 0.3) is 0 Å². The van der Waals surface area contributed by atoms with E-state index in [0.29, 0.717) is 17.9 Å². The number of hydrazone groups is 1. The second kappa shape index (κ2) is 6.71. The highest BCUT2D eigenvalue weighted by molar-refractivity contribution is 6.36. The number of hydrogen-bond acceptors (Lipinski definition) is 3. The van der Waals surface area contributed by atoms with Crippen LogP contribution < -0.4 is 0 Å². The summed E-state index contributed by atoms with van der Waals surface area (Å²) in [6, 6.07) is -0.139. The van der Waals surface area contributed by atoms with E-state index in [1.807, 2.05) is 18.2 Å². The van der Waals surface area contributed by atoms with Gasteiger partial charge in [-0.05, 0) is 36.6 Å². The number of allylic oxidation sites excluding steroid dienone is 7. The zero-order valence-electron chi connectivity index (χ0n) is 12.2. The summed E-state index contributed by atoms with van der Waals surface area (Å²) in [5, 5.41) is 16.5. The van der Waals surface area contributed by atoms with Crippen molar-refractivity contribution in [1.82, 2.24) is 5.01 Å². The van der Waals surface area contributed by atoms with Crippen molar-refractivity contribution in [3.63, 3.8) is 0 Å². The lowest BCUT2D eigenvalue weighted by atomic mass is 9.93. The minimum Gasteiger partial charge on any atom is -0.477 e. The third-order valence-electron chi connectivity index (χ3n) is 4.11. The lowest BCUT2D eigenvalue weighted by molar-refractivity contribution is -0.129. The molecule has 2 aliphatic carbocycles. The second-order valence-corrected chi connectivity index (χ2v) is 7.15. The van der Waals surface area contributed by atoms with E-state index in [9.17, 15) is 9.90 Å². The van der Waals surface area contributed by atoms with E-state index in [-0.39, 0.29) is 17.1 Å². The molecule has 3 rings (SSSR count). The molecule has 1 unspecified atom stereocenters. The third kappa shape index (κ3) is 3.49. The number of halogens is 3. The van der Waals surface area contributed by atoms with Crippen molar-refractivity contribution in [1.29, 1.82) is 0 Å². The van der Waals surface area contributed by atoms with E-state index in [0.717, 1.165) is 29.1 Å². The first kappa shape index (κ1) is 16.6. The number of alkyl halides is 1.